The molecule has 2 heterocycles. The minimum atomic E-state index is -2.83. The van der Waals surface area contributed by atoms with Gasteiger partial charge in [0, 0.05) is 11.1 Å². The summed E-state index contributed by atoms with van der Waals surface area (Å²) in [4.78, 5) is 16.6. The molecule has 290 valence electrons. The second-order valence-corrected chi connectivity index (χ2v) is 20.9. The molecule has 4 atom stereocenters. The van der Waals surface area contributed by atoms with Crippen molar-refractivity contribution >= 4 is 42.0 Å². The van der Waals surface area contributed by atoms with Gasteiger partial charge in [0.1, 0.15) is 0 Å². The number of hydrogen-bond donors (Lipinski definition) is 0. The lowest BCUT2D eigenvalue weighted by Crippen LogP contribution is -2.68. The first-order valence-electron chi connectivity index (χ1n) is 20.3. The van der Waals surface area contributed by atoms with Gasteiger partial charge < -0.3 is 13.9 Å². The number of ether oxygens (including phenoxy) is 2. The summed E-state index contributed by atoms with van der Waals surface area (Å²) < 4.78 is 21.5. The van der Waals surface area contributed by atoms with Gasteiger partial charge in [0.05, 0.1) is 30.8 Å². The molecule has 2 aliphatic rings. The number of amides is 1. The molecule has 5 aromatic carbocycles. The van der Waals surface area contributed by atoms with Crippen molar-refractivity contribution in [3.8, 4) is 0 Å². The molecule has 0 bridgehead atoms. The number of carbonyl (C=O) groups is 1. The average molecular weight is 782 g/mol. The Labute approximate surface area is 340 Å². The fourth-order valence-corrected chi connectivity index (χ4v) is 14.1. The van der Waals surface area contributed by atoms with Crippen LogP contribution in [-0.2, 0) is 30.7 Å². The molecule has 0 spiro atoms. The summed E-state index contributed by atoms with van der Waals surface area (Å²) >= 11 is 6.03. The third-order valence-corrected chi connectivity index (χ3v) is 17.1. The molecule has 7 rings (SSSR count). The molecule has 0 aromatic heterocycles. The Morgan fingerprint density at radius 1 is 0.786 bits per heavy atom. The van der Waals surface area contributed by atoms with Crippen LogP contribution in [0.25, 0.3) is 0 Å². The zero-order chi connectivity index (χ0) is 39.2. The molecule has 0 unspecified atom stereocenters. The molecule has 7 heteroatoms. The summed E-state index contributed by atoms with van der Waals surface area (Å²) in [5, 5.41) is 2.57. The quantitative estimate of drug-likeness (QED) is 0.0830. The highest BCUT2D eigenvalue weighted by Gasteiger charge is 2.57. The van der Waals surface area contributed by atoms with Gasteiger partial charge in [-0.15, -0.1) is 0 Å². The van der Waals surface area contributed by atoms with E-state index in [4.69, 9.17) is 26.1 Å². The molecule has 2 saturated heterocycles. The maximum absolute atomic E-state index is 14.8. The first-order valence-corrected chi connectivity index (χ1v) is 22.6. The maximum Gasteiger partial charge on any atom is 0.267 e. The molecular formula is C49H55NO4SSi. The fourth-order valence-electron chi connectivity index (χ4n) is 9.05. The normalized spacial score (nSPS) is 20.1. The fraction of sp³-hybridized carbons (Fsp3) is 0.347. The Bertz CT molecular complexity index is 1950. The van der Waals surface area contributed by atoms with E-state index >= 15 is 0 Å². The summed E-state index contributed by atoms with van der Waals surface area (Å²) in [5.74, 6) is -0.0756. The van der Waals surface area contributed by atoms with Crippen LogP contribution in [0.5, 0.6) is 0 Å². The van der Waals surface area contributed by atoms with Crippen LogP contribution in [-0.4, -0.2) is 48.7 Å². The Hall–Kier alpha value is -4.40. The number of benzene rings is 5. The van der Waals surface area contributed by atoms with Gasteiger partial charge in [-0.1, -0.05) is 192 Å². The topological polar surface area (TPSA) is 48.0 Å². The van der Waals surface area contributed by atoms with Crippen LogP contribution < -0.4 is 10.4 Å². The minimum Gasteiger partial charge on any atom is -0.452 e. The Kier molecular flexibility index (Phi) is 12.4. The van der Waals surface area contributed by atoms with Crippen molar-refractivity contribution in [3.63, 3.8) is 0 Å². The minimum absolute atomic E-state index is 0.0756. The molecule has 0 aliphatic carbocycles. The van der Waals surface area contributed by atoms with E-state index in [-0.39, 0.29) is 40.9 Å². The highest BCUT2D eigenvalue weighted by molar-refractivity contribution is 7.80. The van der Waals surface area contributed by atoms with Gasteiger partial charge >= 0.3 is 0 Å². The standard InChI is InChI=1S/C49H55NO4SSi/c1-5-6-32-44(54-56(48(2,3)4,41-28-18-10-19-29-41)42-30-20-11-21-31-42)43-34-33-40(52-43)36-46(51)50-45(35-37-22-12-7-13-23-37)49(53-47(50)55,38-24-14-8-15-25-38)39-26-16-9-17-27-39/h7-31,40,43-45H,5-6,32-36H2,1-4H3/t40-,43-,44-,45+/m0/s1. The number of unbranched alkanes of at least 4 members (excludes halogenated alkanes) is 1. The van der Waals surface area contributed by atoms with Crippen LogP contribution in [0.3, 0.4) is 0 Å². The summed E-state index contributed by atoms with van der Waals surface area (Å²) in [6.45, 7) is 9.20. The Morgan fingerprint density at radius 3 is 1.79 bits per heavy atom. The average Bonchev–Trinajstić information content (AvgIpc) is 3.81. The van der Waals surface area contributed by atoms with Crippen molar-refractivity contribution in [2.45, 2.75) is 108 Å². The molecule has 0 saturated carbocycles. The van der Waals surface area contributed by atoms with E-state index in [0.717, 1.165) is 48.8 Å². The molecule has 0 radical (unpaired) electrons. The first kappa shape index (κ1) is 39.8. The number of rotatable bonds is 14. The number of thiocarbonyl (C=S) groups is 1. The molecule has 5 aromatic rings. The van der Waals surface area contributed by atoms with Gasteiger partial charge in [0.15, 0.2) is 5.60 Å². The van der Waals surface area contributed by atoms with E-state index in [1.54, 1.807) is 4.90 Å². The highest BCUT2D eigenvalue weighted by Crippen LogP contribution is 2.47. The second kappa shape index (κ2) is 17.4. The van der Waals surface area contributed by atoms with Crippen LogP contribution in [0, 0.1) is 0 Å². The molecule has 0 N–H and O–H groups in total. The summed E-state index contributed by atoms with van der Waals surface area (Å²) in [6, 6.07) is 52.0. The Balaban J connectivity index is 1.18. The maximum atomic E-state index is 14.8. The molecule has 2 aliphatic heterocycles. The van der Waals surface area contributed by atoms with E-state index in [0.29, 0.717) is 6.42 Å². The zero-order valence-electron chi connectivity index (χ0n) is 33.2. The van der Waals surface area contributed by atoms with Crippen molar-refractivity contribution < 1.29 is 18.7 Å². The van der Waals surface area contributed by atoms with Crippen molar-refractivity contribution in [2.75, 3.05) is 0 Å². The lowest BCUT2D eigenvalue weighted by atomic mass is 9.77. The smallest absolute Gasteiger partial charge is 0.267 e. The van der Waals surface area contributed by atoms with Crippen molar-refractivity contribution in [1.29, 1.82) is 0 Å². The molecule has 56 heavy (non-hydrogen) atoms. The van der Waals surface area contributed by atoms with Crippen LogP contribution in [0.15, 0.2) is 152 Å². The van der Waals surface area contributed by atoms with Crippen molar-refractivity contribution in [3.05, 3.63) is 168 Å². The molecule has 1 amide bonds. The molecule has 5 nitrogen and oxygen atoms in total. The predicted octanol–water partition coefficient (Wildman–Crippen LogP) is 9.76. The van der Waals surface area contributed by atoms with E-state index in [2.05, 4.69) is 125 Å². The van der Waals surface area contributed by atoms with Gasteiger partial charge in [-0.05, 0) is 58.9 Å². The van der Waals surface area contributed by atoms with Crippen LogP contribution in [0.4, 0.5) is 0 Å². The highest BCUT2D eigenvalue weighted by atomic mass is 32.1. The summed E-state index contributed by atoms with van der Waals surface area (Å²) in [7, 11) is -2.83. The third-order valence-electron chi connectivity index (χ3n) is 11.7. The largest absolute Gasteiger partial charge is 0.452 e. The van der Waals surface area contributed by atoms with Crippen LogP contribution in [0.2, 0.25) is 5.04 Å². The van der Waals surface area contributed by atoms with Crippen molar-refractivity contribution in [1.82, 2.24) is 4.90 Å². The first-order chi connectivity index (χ1) is 27.2. The Morgan fingerprint density at radius 2 is 1.29 bits per heavy atom. The summed E-state index contributed by atoms with van der Waals surface area (Å²) in [5.41, 5.74) is 2.04. The lowest BCUT2D eigenvalue weighted by Gasteiger charge is -2.46. The third kappa shape index (κ3) is 7.92. The van der Waals surface area contributed by atoms with Gasteiger partial charge in [0.2, 0.25) is 5.91 Å². The van der Waals surface area contributed by atoms with E-state index in [9.17, 15) is 4.79 Å². The number of nitrogens with zero attached hydrogens (tertiary/aromatic N) is 1. The summed E-state index contributed by atoms with van der Waals surface area (Å²) in [6.07, 6.45) is 4.87. The van der Waals surface area contributed by atoms with Gasteiger partial charge in [-0.25, -0.2) is 0 Å². The lowest BCUT2D eigenvalue weighted by molar-refractivity contribution is -0.132. The van der Waals surface area contributed by atoms with Gasteiger partial charge in [-0.3, -0.25) is 9.69 Å². The van der Waals surface area contributed by atoms with Crippen LogP contribution >= 0.6 is 12.2 Å². The molecular weight excluding hydrogens is 727 g/mol. The van der Waals surface area contributed by atoms with Gasteiger partial charge in [-0.2, -0.15) is 0 Å². The van der Waals surface area contributed by atoms with Crippen LogP contribution in [0.1, 0.15) is 82.9 Å². The van der Waals surface area contributed by atoms with Gasteiger partial charge in [0.25, 0.3) is 13.5 Å². The zero-order valence-corrected chi connectivity index (χ0v) is 35.0. The van der Waals surface area contributed by atoms with E-state index < -0.39 is 20.0 Å². The van der Waals surface area contributed by atoms with Crippen molar-refractivity contribution in [2.24, 2.45) is 0 Å². The van der Waals surface area contributed by atoms with E-state index in [1.807, 2.05) is 54.6 Å². The number of hydrogen-bond acceptors (Lipinski definition) is 5. The predicted molar refractivity (Wildman–Crippen MR) is 233 cm³/mol. The second-order valence-electron chi connectivity index (χ2n) is 16.3. The SMILES string of the molecule is CCCC[C@H](O[Si](c1ccccc1)(c1ccccc1)C(C)(C)C)[C@@H]1CC[C@@H](CC(=O)N2C(=S)OC(c3ccccc3)(c3ccccc3)[C@H]2Cc2ccccc2)O1. The van der Waals surface area contributed by atoms with E-state index in [1.165, 1.54) is 10.4 Å². The number of carbonyl (C=O) groups excluding carboxylic acids is 1. The monoisotopic (exact) mass is 781 g/mol. The molecule has 2 fully saturated rings.